The molecule has 0 bridgehead atoms. The van der Waals surface area contributed by atoms with Crippen molar-refractivity contribution in [1.82, 2.24) is 15.1 Å². The van der Waals surface area contributed by atoms with Crippen molar-refractivity contribution < 1.29 is 4.79 Å². The fraction of sp³-hybridized carbons (Fsp3) is 0.389. The number of hydrogen-bond acceptors (Lipinski definition) is 5. The van der Waals surface area contributed by atoms with Gasteiger partial charge in [0, 0.05) is 38.9 Å². The third-order valence-corrected chi connectivity index (χ3v) is 4.46. The summed E-state index contributed by atoms with van der Waals surface area (Å²) in [6.07, 6.45) is 0. The van der Waals surface area contributed by atoms with Crippen LogP contribution in [0, 0.1) is 0 Å². The zero-order chi connectivity index (χ0) is 16.9. The molecule has 0 unspecified atom stereocenters. The predicted molar refractivity (Wildman–Crippen MR) is 95.5 cm³/mol. The average Bonchev–Trinajstić information content (AvgIpc) is 2.68. The number of para-hydroxylation sites is 1. The number of hydrogen-bond donors (Lipinski definition) is 0. The average molecular weight is 325 g/mol. The van der Waals surface area contributed by atoms with E-state index in [4.69, 9.17) is 0 Å². The maximum atomic E-state index is 12.5. The van der Waals surface area contributed by atoms with Gasteiger partial charge in [0.2, 0.25) is 0 Å². The van der Waals surface area contributed by atoms with E-state index in [0.717, 1.165) is 44.2 Å². The van der Waals surface area contributed by atoms with Gasteiger partial charge < -0.3 is 14.7 Å². The van der Waals surface area contributed by atoms with E-state index in [0.29, 0.717) is 5.69 Å². The topological polar surface area (TPSA) is 52.6 Å². The van der Waals surface area contributed by atoms with E-state index >= 15 is 0 Å². The molecule has 0 N–H and O–H groups in total. The maximum Gasteiger partial charge on any atom is 0.278 e. The molecule has 6 heteroatoms. The zero-order valence-electron chi connectivity index (χ0n) is 14.2. The molecule has 0 spiro atoms. The Labute approximate surface area is 142 Å². The Morgan fingerprint density at radius 3 is 2.33 bits per heavy atom. The molecule has 0 radical (unpaired) electrons. The summed E-state index contributed by atoms with van der Waals surface area (Å²) >= 11 is 0. The highest BCUT2D eigenvalue weighted by atomic mass is 16.2. The summed E-state index contributed by atoms with van der Waals surface area (Å²) in [6.45, 7) is 7.22. The van der Waals surface area contributed by atoms with Crippen LogP contribution in [0.5, 0.6) is 0 Å². The highest BCUT2D eigenvalue weighted by Crippen LogP contribution is 2.16. The number of rotatable bonds is 4. The molecule has 1 saturated heterocycles. The van der Waals surface area contributed by atoms with Gasteiger partial charge in [-0.15, -0.1) is 10.2 Å². The maximum absolute atomic E-state index is 12.5. The molecule has 24 heavy (non-hydrogen) atoms. The van der Waals surface area contributed by atoms with E-state index in [1.807, 2.05) is 36.4 Å². The lowest BCUT2D eigenvalue weighted by Gasteiger charge is -2.34. The summed E-state index contributed by atoms with van der Waals surface area (Å²) in [5, 5.41) is 8.40. The van der Waals surface area contributed by atoms with Crippen molar-refractivity contribution in [3.05, 3.63) is 48.2 Å². The molecule has 1 aromatic carbocycles. The van der Waals surface area contributed by atoms with Gasteiger partial charge in [0.15, 0.2) is 11.5 Å². The highest BCUT2D eigenvalue weighted by Gasteiger charge is 2.19. The van der Waals surface area contributed by atoms with Crippen LogP contribution >= 0.6 is 0 Å². The summed E-state index contributed by atoms with van der Waals surface area (Å²) in [7, 11) is 1.75. The molecule has 1 amide bonds. The van der Waals surface area contributed by atoms with Crippen molar-refractivity contribution in [2.24, 2.45) is 0 Å². The van der Waals surface area contributed by atoms with E-state index in [1.54, 1.807) is 18.0 Å². The standard InChI is InChI=1S/C18H23N5O/c1-3-22-11-13-23(14-12-22)17-10-9-16(19-20-17)18(24)21(2)15-7-5-4-6-8-15/h4-10H,3,11-14H2,1-2H3. The number of carbonyl (C=O) groups excluding carboxylic acids is 1. The van der Waals surface area contributed by atoms with Crippen molar-refractivity contribution in [1.29, 1.82) is 0 Å². The summed E-state index contributed by atoms with van der Waals surface area (Å²) < 4.78 is 0. The molecule has 0 atom stereocenters. The largest absolute Gasteiger partial charge is 0.353 e. The number of anilines is 2. The Morgan fingerprint density at radius 1 is 1.04 bits per heavy atom. The molecule has 1 aliphatic rings. The molecule has 1 aromatic heterocycles. The van der Waals surface area contributed by atoms with E-state index < -0.39 is 0 Å². The van der Waals surface area contributed by atoms with Gasteiger partial charge in [-0.1, -0.05) is 25.1 Å². The number of carbonyl (C=O) groups is 1. The van der Waals surface area contributed by atoms with Crippen LogP contribution in [0.3, 0.4) is 0 Å². The molecular weight excluding hydrogens is 302 g/mol. The summed E-state index contributed by atoms with van der Waals surface area (Å²) in [5.74, 6) is 0.681. The van der Waals surface area contributed by atoms with Gasteiger partial charge in [0.05, 0.1) is 0 Å². The Hall–Kier alpha value is -2.47. The number of likely N-dealkylation sites (N-methyl/N-ethyl adjacent to an activating group) is 1. The van der Waals surface area contributed by atoms with Gasteiger partial charge in [0.25, 0.3) is 5.91 Å². The Balaban J connectivity index is 1.67. The molecule has 126 valence electrons. The zero-order valence-corrected chi connectivity index (χ0v) is 14.2. The van der Waals surface area contributed by atoms with E-state index in [-0.39, 0.29) is 5.91 Å². The van der Waals surface area contributed by atoms with Crippen LogP contribution in [0.15, 0.2) is 42.5 Å². The van der Waals surface area contributed by atoms with Crippen molar-refractivity contribution >= 4 is 17.4 Å². The number of nitrogens with zero attached hydrogens (tertiary/aromatic N) is 5. The Bertz CT molecular complexity index is 666. The third-order valence-electron chi connectivity index (χ3n) is 4.46. The first-order valence-corrected chi connectivity index (χ1v) is 8.33. The highest BCUT2D eigenvalue weighted by molar-refractivity contribution is 6.04. The quantitative estimate of drug-likeness (QED) is 0.859. The molecular formula is C18H23N5O. The third kappa shape index (κ3) is 3.54. The van der Waals surface area contributed by atoms with Crippen LogP contribution < -0.4 is 9.80 Å². The van der Waals surface area contributed by atoms with Gasteiger partial charge in [-0.25, -0.2) is 0 Å². The van der Waals surface area contributed by atoms with Crippen molar-refractivity contribution in [2.45, 2.75) is 6.92 Å². The molecule has 0 aliphatic carbocycles. The van der Waals surface area contributed by atoms with Crippen molar-refractivity contribution in [2.75, 3.05) is 49.6 Å². The molecule has 0 saturated carbocycles. The first kappa shape index (κ1) is 16.4. The number of piperazine rings is 1. The van der Waals surface area contributed by atoms with Crippen LogP contribution in [0.2, 0.25) is 0 Å². The number of benzene rings is 1. The normalized spacial score (nSPS) is 15.3. The Kier molecular flexibility index (Phi) is 5.05. The van der Waals surface area contributed by atoms with Gasteiger partial charge in [-0.2, -0.15) is 0 Å². The molecule has 3 rings (SSSR count). The van der Waals surface area contributed by atoms with Crippen molar-refractivity contribution in [3.8, 4) is 0 Å². The lowest BCUT2D eigenvalue weighted by molar-refractivity contribution is 0.0987. The lowest BCUT2D eigenvalue weighted by Crippen LogP contribution is -2.46. The van der Waals surface area contributed by atoms with Crippen LogP contribution in [0.25, 0.3) is 0 Å². The first-order chi connectivity index (χ1) is 11.7. The summed E-state index contributed by atoms with van der Waals surface area (Å²) in [5.41, 5.74) is 1.20. The monoisotopic (exact) mass is 325 g/mol. The number of aromatic nitrogens is 2. The fourth-order valence-corrected chi connectivity index (χ4v) is 2.84. The Morgan fingerprint density at radius 2 is 1.75 bits per heavy atom. The second kappa shape index (κ2) is 7.40. The van der Waals surface area contributed by atoms with E-state index in [1.165, 1.54) is 0 Å². The minimum atomic E-state index is -0.156. The van der Waals surface area contributed by atoms with E-state index in [9.17, 15) is 4.79 Å². The van der Waals surface area contributed by atoms with Crippen LogP contribution in [0.4, 0.5) is 11.5 Å². The smallest absolute Gasteiger partial charge is 0.278 e. The van der Waals surface area contributed by atoms with Gasteiger partial charge in [-0.05, 0) is 30.8 Å². The van der Waals surface area contributed by atoms with Gasteiger partial charge in [0.1, 0.15) is 0 Å². The molecule has 1 aliphatic heterocycles. The molecule has 2 heterocycles. The molecule has 2 aromatic rings. The van der Waals surface area contributed by atoms with E-state index in [2.05, 4.69) is 26.9 Å². The lowest BCUT2D eigenvalue weighted by atomic mass is 10.2. The van der Waals surface area contributed by atoms with Crippen molar-refractivity contribution in [3.63, 3.8) is 0 Å². The predicted octanol–water partition coefficient (Wildman–Crippen LogP) is 1.90. The second-order valence-electron chi connectivity index (χ2n) is 5.90. The van der Waals surface area contributed by atoms with Crippen LogP contribution in [-0.2, 0) is 0 Å². The van der Waals surface area contributed by atoms with Crippen LogP contribution in [-0.4, -0.2) is 60.8 Å². The van der Waals surface area contributed by atoms with Gasteiger partial charge >= 0.3 is 0 Å². The van der Waals surface area contributed by atoms with Gasteiger partial charge in [-0.3, -0.25) is 4.79 Å². The fourth-order valence-electron chi connectivity index (χ4n) is 2.84. The minimum Gasteiger partial charge on any atom is -0.353 e. The molecule has 6 nitrogen and oxygen atoms in total. The minimum absolute atomic E-state index is 0.156. The molecule has 1 fully saturated rings. The number of amides is 1. The second-order valence-corrected chi connectivity index (χ2v) is 5.90. The summed E-state index contributed by atoms with van der Waals surface area (Å²) in [6, 6.07) is 13.2. The summed E-state index contributed by atoms with van der Waals surface area (Å²) in [4.78, 5) is 18.7. The van der Waals surface area contributed by atoms with Crippen LogP contribution in [0.1, 0.15) is 17.4 Å². The SMILES string of the molecule is CCN1CCN(c2ccc(C(=O)N(C)c3ccccc3)nn2)CC1. The first-order valence-electron chi connectivity index (χ1n) is 8.33.